The molecule has 1 saturated heterocycles. The Labute approximate surface area is 130 Å². The molecule has 0 spiro atoms. The van der Waals surface area contributed by atoms with Gasteiger partial charge in [0.15, 0.2) is 0 Å². The second-order valence-electron chi connectivity index (χ2n) is 4.86. The van der Waals surface area contributed by atoms with E-state index in [-0.39, 0.29) is 11.7 Å². The monoisotopic (exact) mass is 320 g/mol. The molecule has 1 atom stereocenters. The van der Waals surface area contributed by atoms with Crippen molar-refractivity contribution in [1.29, 1.82) is 0 Å². The fraction of sp³-hybridized carbons (Fsp3) is 0.231. The lowest BCUT2D eigenvalue weighted by atomic mass is 10.1. The Morgan fingerprint density at radius 2 is 1.73 bits per heavy atom. The summed E-state index contributed by atoms with van der Waals surface area (Å²) in [7, 11) is 2.76. The standard InChI is InChI=1S/C13H11ClN5O3/c1-17-11-9(12(20)18(2)13(17)21)19(22)10(15-16-11)7-3-5-8(14)6-4-7/h3-6,9H,1-2H3/q+1. The first-order valence-electron chi connectivity index (χ1n) is 6.35. The zero-order valence-corrected chi connectivity index (χ0v) is 12.5. The van der Waals surface area contributed by atoms with Crippen molar-refractivity contribution in [1.82, 2.24) is 9.80 Å². The van der Waals surface area contributed by atoms with Gasteiger partial charge in [0.05, 0.1) is 10.7 Å². The molecule has 2 aliphatic heterocycles. The Balaban J connectivity index is 2.07. The van der Waals surface area contributed by atoms with Gasteiger partial charge in [-0.05, 0) is 29.4 Å². The van der Waals surface area contributed by atoms with Gasteiger partial charge >= 0.3 is 11.9 Å². The largest absolute Gasteiger partial charge is 0.396 e. The highest BCUT2D eigenvalue weighted by Crippen LogP contribution is 2.20. The lowest BCUT2D eigenvalue weighted by Crippen LogP contribution is -2.64. The highest BCUT2D eigenvalue weighted by Gasteiger charge is 2.52. The van der Waals surface area contributed by atoms with Crippen LogP contribution in [0.2, 0.25) is 5.02 Å². The van der Waals surface area contributed by atoms with Gasteiger partial charge in [-0.1, -0.05) is 16.5 Å². The summed E-state index contributed by atoms with van der Waals surface area (Å²) in [6.07, 6.45) is 0. The van der Waals surface area contributed by atoms with Gasteiger partial charge in [-0.3, -0.25) is 14.6 Å². The molecule has 0 bridgehead atoms. The summed E-state index contributed by atoms with van der Waals surface area (Å²) >= 11 is 5.81. The van der Waals surface area contributed by atoms with E-state index < -0.39 is 18.0 Å². The Kier molecular flexibility index (Phi) is 3.25. The van der Waals surface area contributed by atoms with Crippen LogP contribution in [0.1, 0.15) is 5.56 Å². The summed E-state index contributed by atoms with van der Waals surface area (Å²) in [6, 6.07) is 4.65. The summed E-state index contributed by atoms with van der Waals surface area (Å²) < 4.78 is 0.466. The average molecular weight is 321 g/mol. The Hall–Kier alpha value is -2.61. The molecule has 2 aliphatic rings. The molecule has 1 unspecified atom stereocenters. The van der Waals surface area contributed by atoms with Crippen LogP contribution in [-0.4, -0.2) is 58.3 Å². The Morgan fingerprint density at radius 1 is 1.09 bits per heavy atom. The zero-order valence-electron chi connectivity index (χ0n) is 11.7. The van der Waals surface area contributed by atoms with E-state index in [1.165, 1.54) is 14.1 Å². The molecule has 0 aliphatic carbocycles. The first kappa shape index (κ1) is 14.3. The van der Waals surface area contributed by atoms with E-state index in [1.54, 1.807) is 24.3 Å². The minimum atomic E-state index is -1.23. The van der Waals surface area contributed by atoms with Crippen LogP contribution in [0, 0.1) is 4.91 Å². The third kappa shape index (κ3) is 2.00. The normalized spacial score (nSPS) is 21.6. The van der Waals surface area contributed by atoms with Crippen LogP contribution in [-0.2, 0) is 4.79 Å². The van der Waals surface area contributed by atoms with Gasteiger partial charge in [-0.2, -0.15) is 0 Å². The number of nitroso groups, excluding NO2 is 1. The predicted octanol–water partition coefficient (Wildman–Crippen LogP) is 1.08. The number of hydrogen-bond donors (Lipinski definition) is 0. The molecule has 2 heterocycles. The lowest BCUT2D eigenvalue weighted by Gasteiger charge is -2.32. The maximum absolute atomic E-state index is 12.5. The summed E-state index contributed by atoms with van der Waals surface area (Å²) in [5, 5.41) is 8.25. The van der Waals surface area contributed by atoms with E-state index in [4.69, 9.17) is 11.6 Å². The van der Waals surface area contributed by atoms with E-state index in [2.05, 4.69) is 10.2 Å². The number of nitrogens with zero attached hydrogens (tertiary/aromatic N) is 5. The molecule has 0 radical (unpaired) electrons. The Morgan fingerprint density at radius 3 is 2.36 bits per heavy atom. The van der Waals surface area contributed by atoms with E-state index in [0.29, 0.717) is 15.3 Å². The number of benzene rings is 1. The number of amides is 3. The maximum Gasteiger partial charge on any atom is 0.396 e. The van der Waals surface area contributed by atoms with Gasteiger partial charge in [0.2, 0.25) is 5.84 Å². The highest BCUT2D eigenvalue weighted by atomic mass is 35.5. The van der Waals surface area contributed by atoms with E-state index in [0.717, 1.165) is 9.80 Å². The molecule has 112 valence electrons. The topological polar surface area (TPSA) is 85.4 Å². The van der Waals surface area contributed by atoms with Crippen molar-refractivity contribution in [2.24, 2.45) is 10.2 Å². The zero-order chi connectivity index (χ0) is 16.0. The van der Waals surface area contributed by atoms with Gasteiger partial charge in [-0.25, -0.2) is 4.79 Å². The summed E-state index contributed by atoms with van der Waals surface area (Å²) in [5.41, 5.74) is 0.484. The molecule has 3 amide bonds. The molecule has 0 N–H and O–H groups in total. The molecule has 8 nitrogen and oxygen atoms in total. The van der Waals surface area contributed by atoms with E-state index in [1.807, 2.05) is 0 Å². The number of fused-ring (bicyclic) bond motifs is 1. The van der Waals surface area contributed by atoms with E-state index >= 15 is 0 Å². The molecular formula is C13H11ClN5O3+. The minimum absolute atomic E-state index is 0.00471. The first-order chi connectivity index (χ1) is 10.4. The van der Waals surface area contributed by atoms with Crippen LogP contribution in [0.15, 0.2) is 34.5 Å². The highest BCUT2D eigenvalue weighted by molar-refractivity contribution is 6.30. The van der Waals surface area contributed by atoms with Crippen molar-refractivity contribution in [3.63, 3.8) is 0 Å². The van der Waals surface area contributed by atoms with Crippen molar-refractivity contribution in [2.45, 2.75) is 6.04 Å². The van der Waals surface area contributed by atoms with Crippen LogP contribution >= 0.6 is 11.6 Å². The van der Waals surface area contributed by atoms with Gasteiger partial charge in [0, 0.05) is 23.9 Å². The predicted molar refractivity (Wildman–Crippen MR) is 78.8 cm³/mol. The molecule has 9 heteroatoms. The molecule has 0 aromatic heterocycles. The molecule has 3 rings (SSSR count). The van der Waals surface area contributed by atoms with Crippen LogP contribution in [0.3, 0.4) is 0 Å². The second kappa shape index (κ2) is 4.99. The maximum atomic E-state index is 12.5. The van der Waals surface area contributed by atoms with Crippen LogP contribution < -0.4 is 0 Å². The Bertz CT molecular complexity index is 755. The molecule has 1 fully saturated rings. The molecular weight excluding hydrogens is 310 g/mol. The number of likely N-dealkylation sites (N-methyl/N-ethyl adjacent to an activating group) is 2. The third-order valence-electron chi connectivity index (χ3n) is 3.52. The number of rotatable bonds is 1. The van der Waals surface area contributed by atoms with Gasteiger partial charge in [0.25, 0.3) is 11.9 Å². The molecule has 1 aromatic rings. The van der Waals surface area contributed by atoms with Crippen molar-refractivity contribution >= 4 is 35.2 Å². The quantitative estimate of drug-likeness (QED) is 0.726. The number of amidine groups is 2. The number of imide groups is 1. The van der Waals surface area contributed by atoms with Crippen molar-refractivity contribution in [3.8, 4) is 0 Å². The van der Waals surface area contributed by atoms with Crippen molar-refractivity contribution in [3.05, 3.63) is 39.8 Å². The summed E-state index contributed by atoms with van der Waals surface area (Å²) in [4.78, 5) is 38.7. The van der Waals surface area contributed by atoms with Crippen LogP contribution in [0.5, 0.6) is 0 Å². The lowest BCUT2D eigenvalue weighted by molar-refractivity contribution is -0.445. The minimum Gasteiger partial charge on any atom is -0.277 e. The van der Waals surface area contributed by atoms with Gasteiger partial charge in [0.1, 0.15) is 0 Å². The fourth-order valence-electron chi connectivity index (χ4n) is 2.27. The van der Waals surface area contributed by atoms with Crippen molar-refractivity contribution < 1.29 is 14.3 Å². The average Bonchev–Trinajstić information content (AvgIpc) is 2.51. The molecule has 22 heavy (non-hydrogen) atoms. The summed E-state index contributed by atoms with van der Waals surface area (Å²) in [5.74, 6) is -0.631. The van der Waals surface area contributed by atoms with Crippen LogP contribution in [0.4, 0.5) is 4.79 Å². The fourth-order valence-corrected chi connectivity index (χ4v) is 2.40. The SMILES string of the molecule is CN1C(=O)C2C(=NN=C(c3ccc(Cl)cc3)[N+]2=O)N(C)C1=O. The number of urea groups is 1. The number of carbonyl (C=O) groups is 2. The number of hydrogen-bond acceptors (Lipinski definition) is 5. The van der Waals surface area contributed by atoms with Gasteiger partial charge in [-0.15, -0.1) is 0 Å². The number of halogens is 1. The van der Waals surface area contributed by atoms with Crippen LogP contribution in [0.25, 0.3) is 0 Å². The third-order valence-corrected chi connectivity index (χ3v) is 3.77. The smallest absolute Gasteiger partial charge is 0.277 e. The van der Waals surface area contributed by atoms with Crippen molar-refractivity contribution in [2.75, 3.05) is 14.1 Å². The number of carbonyl (C=O) groups excluding carboxylic acids is 2. The first-order valence-corrected chi connectivity index (χ1v) is 6.72. The summed E-state index contributed by atoms with van der Waals surface area (Å²) in [6.45, 7) is 0. The molecule has 1 aromatic carbocycles. The molecule has 0 saturated carbocycles. The second-order valence-corrected chi connectivity index (χ2v) is 5.29. The van der Waals surface area contributed by atoms with Gasteiger partial charge < -0.3 is 0 Å². The van der Waals surface area contributed by atoms with E-state index in [9.17, 15) is 14.5 Å².